The molecule has 2 heterocycles. The molecule has 5 aromatic rings. The number of anilines is 1. The fourth-order valence-corrected chi connectivity index (χ4v) is 5.02. The highest BCUT2D eigenvalue weighted by Gasteiger charge is 2.40. The number of para-hydroxylation sites is 3. The fraction of sp³-hybridized carbons (Fsp3) is 0.0714. The van der Waals surface area contributed by atoms with Crippen molar-refractivity contribution >= 4 is 39.3 Å². The lowest BCUT2D eigenvalue weighted by Crippen LogP contribution is -2.29. The van der Waals surface area contributed by atoms with Gasteiger partial charge >= 0.3 is 6.18 Å². The van der Waals surface area contributed by atoms with Crippen LogP contribution in [0.25, 0.3) is 27.5 Å². The number of halogens is 3. The van der Waals surface area contributed by atoms with Gasteiger partial charge in [-0.15, -0.1) is 0 Å². The van der Waals surface area contributed by atoms with Crippen LogP contribution in [0.15, 0.2) is 84.9 Å². The second kappa shape index (κ2) is 7.30. The first-order valence-electron chi connectivity index (χ1n) is 11.0. The number of hydrogen-bond acceptors (Lipinski definition) is 2. The van der Waals surface area contributed by atoms with E-state index in [4.69, 9.17) is 0 Å². The maximum atomic E-state index is 14.2. The molecule has 0 spiro atoms. The van der Waals surface area contributed by atoms with Crippen molar-refractivity contribution in [1.82, 2.24) is 4.57 Å². The summed E-state index contributed by atoms with van der Waals surface area (Å²) in [6, 6.07) is 22.7. The lowest BCUT2D eigenvalue weighted by Gasteiger charge is -2.16. The molecule has 7 heteroatoms. The van der Waals surface area contributed by atoms with Crippen molar-refractivity contribution in [2.45, 2.75) is 13.1 Å². The molecule has 6 rings (SSSR count). The SMILES string of the molecule is Cc1cccc2c3cccc(C(F)(F)F)c3n(-c3cccc4c3C(=O)N(c3ccccc3)C4=O)c12. The Bertz CT molecular complexity index is 1680. The van der Waals surface area contributed by atoms with Crippen molar-refractivity contribution in [2.75, 3.05) is 4.90 Å². The Balaban J connectivity index is 1.74. The van der Waals surface area contributed by atoms with Gasteiger partial charge in [0.1, 0.15) is 0 Å². The summed E-state index contributed by atoms with van der Waals surface area (Å²) in [5, 5.41) is 1.06. The van der Waals surface area contributed by atoms with Gasteiger partial charge in [-0.25, -0.2) is 4.90 Å². The van der Waals surface area contributed by atoms with Crippen LogP contribution in [0, 0.1) is 6.92 Å². The summed E-state index contributed by atoms with van der Waals surface area (Å²) in [5.41, 5.74) is 1.34. The van der Waals surface area contributed by atoms with Crippen molar-refractivity contribution in [1.29, 1.82) is 0 Å². The number of benzene rings is 4. The Hall–Kier alpha value is -4.39. The normalized spacial score (nSPS) is 13.8. The van der Waals surface area contributed by atoms with Crippen molar-refractivity contribution in [3.8, 4) is 5.69 Å². The molecule has 1 aliphatic heterocycles. The first-order chi connectivity index (χ1) is 16.8. The van der Waals surface area contributed by atoms with Gasteiger partial charge < -0.3 is 4.57 Å². The van der Waals surface area contributed by atoms with Crippen LogP contribution in [0.2, 0.25) is 0 Å². The van der Waals surface area contributed by atoms with E-state index in [-0.39, 0.29) is 22.3 Å². The highest BCUT2D eigenvalue weighted by molar-refractivity contribution is 6.35. The average molecular weight is 470 g/mol. The molecule has 0 radical (unpaired) electrons. The van der Waals surface area contributed by atoms with Gasteiger partial charge in [0.15, 0.2) is 0 Å². The average Bonchev–Trinajstić information content (AvgIpc) is 3.32. The van der Waals surface area contributed by atoms with Crippen LogP contribution in [-0.4, -0.2) is 16.4 Å². The van der Waals surface area contributed by atoms with Gasteiger partial charge in [0.2, 0.25) is 0 Å². The minimum Gasteiger partial charge on any atom is -0.308 e. The molecule has 0 fully saturated rings. The summed E-state index contributed by atoms with van der Waals surface area (Å²) in [6.45, 7) is 1.82. The van der Waals surface area contributed by atoms with Crippen molar-refractivity contribution < 1.29 is 22.8 Å². The highest BCUT2D eigenvalue weighted by Crippen LogP contribution is 2.43. The molecule has 0 unspecified atom stereocenters. The number of aromatic nitrogens is 1. The van der Waals surface area contributed by atoms with E-state index in [1.807, 2.05) is 13.0 Å². The maximum Gasteiger partial charge on any atom is 0.418 e. The van der Waals surface area contributed by atoms with Crippen LogP contribution in [-0.2, 0) is 6.18 Å². The monoisotopic (exact) mass is 470 g/mol. The second-order valence-corrected chi connectivity index (χ2v) is 8.49. The standard InChI is InChI=1S/C28H17F3N2O2/c1-16-8-5-11-18-19-12-6-14-21(28(29,30)31)25(19)33(24(16)18)22-15-7-13-20-23(22)27(35)32(26(20)34)17-9-3-2-4-10-17/h2-15H,1H3. The minimum atomic E-state index is -4.62. The van der Waals surface area contributed by atoms with Gasteiger partial charge in [0.25, 0.3) is 11.8 Å². The summed E-state index contributed by atoms with van der Waals surface area (Å²) in [4.78, 5) is 28.0. The predicted octanol–water partition coefficient (Wildman–Crippen LogP) is 6.91. The maximum absolute atomic E-state index is 14.2. The zero-order valence-electron chi connectivity index (χ0n) is 18.4. The second-order valence-electron chi connectivity index (χ2n) is 8.49. The molecule has 0 N–H and O–H groups in total. The van der Waals surface area contributed by atoms with Crippen LogP contribution in [0.3, 0.4) is 0 Å². The Morgan fingerprint density at radius 3 is 2.06 bits per heavy atom. The number of nitrogens with zero attached hydrogens (tertiary/aromatic N) is 2. The summed E-state index contributed by atoms with van der Waals surface area (Å²) >= 11 is 0. The number of hydrogen-bond donors (Lipinski definition) is 0. The number of carbonyl (C=O) groups is 2. The van der Waals surface area contributed by atoms with E-state index in [0.717, 1.165) is 16.5 Å². The molecule has 0 saturated carbocycles. The Morgan fingerprint density at radius 1 is 0.686 bits per heavy atom. The molecule has 2 amide bonds. The summed E-state index contributed by atoms with van der Waals surface area (Å²) < 4.78 is 44.1. The largest absolute Gasteiger partial charge is 0.418 e. The first kappa shape index (κ1) is 21.2. The molecular weight excluding hydrogens is 453 g/mol. The van der Waals surface area contributed by atoms with Crippen LogP contribution in [0.5, 0.6) is 0 Å². The van der Waals surface area contributed by atoms with Crippen LogP contribution < -0.4 is 4.90 Å². The fourth-order valence-electron chi connectivity index (χ4n) is 5.02. The number of aryl methyl sites for hydroxylation is 1. The Kier molecular flexibility index (Phi) is 4.42. The number of carbonyl (C=O) groups excluding carboxylic acids is 2. The third kappa shape index (κ3) is 2.94. The summed E-state index contributed by atoms with van der Waals surface area (Å²) in [7, 11) is 0. The zero-order chi connectivity index (χ0) is 24.5. The van der Waals surface area contributed by atoms with E-state index < -0.39 is 23.6 Å². The molecule has 1 aliphatic rings. The van der Waals surface area contributed by atoms with E-state index in [1.54, 1.807) is 60.7 Å². The van der Waals surface area contributed by atoms with Crippen LogP contribution in [0.4, 0.5) is 18.9 Å². The van der Waals surface area contributed by atoms with E-state index >= 15 is 0 Å². The van der Waals surface area contributed by atoms with E-state index in [1.165, 1.54) is 16.7 Å². The van der Waals surface area contributed by atoms with Gasteiger partial charge in [0.05, 0.1) is 39.1 Å². The number of alkyl halides is 3. The van der Waals surface area contributed by atoms with Crippen molar-refractivity contribution in [2.24, 2.45) is 0 Å². The zero-order valence-corrected chi connectivity index (χ0v) is 18.4. The lowest BCUT2D eigenvalue weighted by atomic mass is 10.1. The molecule has 4 nitrogen and oxygen atoms in total. The molecule has 0 atom stereocenters. The van der Waals surface area contributed by atoms with E-state index in [0.29, 0.717) is 22.0 Å². The van der Waals surface area contributed by atoms with Gasteiger partial charge in [-0.05, 0) is 42.8 Å². The summed E-state index contributed by atoms with van der Waals surface area (Å²) in [5.74, 6) is -1.08. The van der Waals surface area contributed by atoms with Gasteiger partial charge in [-0.2, -0.15) is 13.2 Å². The smallest absolute Gasteiger partial charge is 0.308 e. The third-order valence-electron chi connectivity index (χ3n) is 6.46. The minimum absolute atomic E-state index is 0.0453. The lowest BCUT2D eigenvalue weighted by molar-refractivity contribution is -0.136. The van der Waals surface area contributed by atoms with Crippen LogP contribution in [0.1, 0.15) is 31.8 Å². The van der Waals surface area contributed by atoms with E-state index in [9.17, 15) is 22.8 Å². The van der Waals surface area contributed by atoms with E-state index in [2.05, 4.69) is 0 Å². The highest BCUT2D eigenvalue weighted by atomic mass is 19.4. The van der Waals surface area contributed by atoms with Crippen LogP contribution >= 0.6 is 0 Å². The summed E-state index contributed by atoms with van der Waals surface area (Å²) in [6.07, 6.45) is -4.62. The number of fused-ring (bicyclic) bond motifs is 4. The number of amides is 2. The molecular formula is C28H17F3N2O2. The quantitative estimate of drug-likeness (QED) is 0.263. The van der Waals surface area contributed by atoms with Crippen molar-refractivity contribution in [3.63, 3.8) is 0 Å². The van der Waals surface area contributed by atoms with Gasteiger partial charge in [0, 0.05) is 10.8 Å². The molecule has 0 aliphatic carbocycles. The molecule has 35 heavy (non-hydrogen) atoms. The Labute approximate surface area is 197 Å². The van der Waals surface area contributed by atoms with Crippen molar-refractivity contribution in [3.05, 3.63) is 107 Å². The molecule has 1 aromatic heterocycles. The molecule has 0 saturated heterocycles. The molecule has 172 valence electrons. The van der Waals surface area contributed by atoms with Gasteiger partial charge in [-0.1, -0.05) is 54.6 Å². The molecule has 0 bridgehead atoms. The molecule has 4 aromatic carbocycles. The Morgan fingerprint density at radius 2 is 1.34 bits per heavy atom. The third-order valence-corrected chi connectivity index (χ3v) is 6.46. The topological polar surface area (TPSA) is 42.3 Å². The van der Waals surface area contributed by atoms with Gasteiger partial charge in [-0.3, -0.25) is 9.59 Å². The number of rotatable bonds is 2. The first-order valence-corrected chi connectivity index (χ1v) is 11.0. The predicted molar refractivity (Wildman–Crippen MR) is 128 cm³/mol. The number of imide groups is 1.